The zero-order chi connectivity index (χ0) is 19.0. The Kier molecular flexibility index (Phi) is 4.51. The third-order valence-electron chi connectivity index (χ3n) is 4.25. The molecule has 27 heavy (non-hydrogen) atoms. The standard InChI is InChI=1S/C21H19N3O2S/c1-24(2)12-16-22-18-17(13-8-10-15(25)11-9-13)19(14-6-4-3-5-7-14)27-20(18)21(26)23-16/h3-11,25H,12H2,1-2H3,(H,22,23,26). The third-order valence-corrected chi connectivity index (χ3v) is 5.48. The molecule has 0 radical (unpaired) electrons. The van der Waals surface area contributed by atoms with Gasteiger partial charge in [-0.05, 0) is 37.4 Å². The van der Waals surface area contributed by atoms with Gasteiger partial charge in [-0.1, -0.05) is 42.5 Å². The second-order valence-corrected chi connectivity index (χ2v) is 7.67. The van der Waals surface area contributed by atoms with Crippen LogP contribution in [-0.4, -0.2) is 34.1 Å². The molecule has 0 aliphatic rings. The van der Waals surface area contributed by atoms with E-state index in [-0.39, 0.29) is 11.3 Å². The number of benzene rings is 2. The van der Waals surface area contributed by atoms with Crippen LogP contribution in [0, 0.1) is 0 Å². The summed E-state index contributed by atoms with van der Waals surface area (Å²) in [6.07, 6.45) is 0. The van der Waals surface area contributed by atoms with E-state index in [2.05, 4.69) is 4.98 Å². The van der Waals surface area contributed by atoms with Gasteiger partial charge < -0.3 is 15.0 Å². The molecule has 0 saturated carbocycles. The third kappa shape index (κ3) is 3.37. The van der Waals surface area contributed by atoms with Crippen molar-refractivity contribution in [1.29, 1.82) is 0 Å². The lowest BCUT2D eigenvalue weighted by Crippen LogP contribution is -2.18. The van der Waals surface area contributed by atoms with Crippen LogP contribution in [0.2, 0.25) is 0 Å². The molecule has 0 saturated heterocycles. The van der Waals surface area contributed by atoms with Gasteiger partial charge in [-0.3, -0.25) is 4.79 Å². The monoisotopic (exact) mass is 377 g/mol. The fourth-order valence-corrected chi connectivity index (χ4v) is 4.26. The molecular formula is C21H19N3O2S. The Labute approximate surface area is 160 Å². The van der Waals surface area contributed by atoms with Crippen LogP contribution in [0.5, 0.6) is 5.75 Å². The van der Waals surface area contributed by atoms with Crippen molar-refractivity contribution < 1.29 is 5.11 Å². The van der Waals surface area contributed by atoms with Gasteiger partial charge in [0.15, 0.2) is 0 Å². The Bertz CT molecular complexity index is 1150. The van der Waals surface area contributed by atoms with Crippen molar-refractivity contribution in [3.63, 3.8) is 0 Å². The van der Waals surface area contributed by atoms with Crippen molar-refractivity contribution in [1.82, 2.24) is 14.9 Å². The molecular weight excluding hydrogens is 358 g/mol. The number of nitrogens with one attached hydrogen (secondary N) is 1. The molecule has 136 valence electrons. The molecule has 0 aliphatic carbocycles. The van der Waals surface area contributed by atoms with E-state index < -0.39 is 0 Å². The molecule has 0 fully saturated rings. The van der Waals surface area contributed by atoms with Crippen LogP contribution in [-0.2, 0) is 6.54 Å². The lowest BCUT2D eigenvalue weighted by atomic mass is 10.0. The summed E-state index contributed by atoms with van der Waals surface area (Å²) in [5.41, 5.74) is 3.46. The fourth-order valence-electron chi connectivity index (χ4n) is 3.10. The van der Waals surface area contributed by atoms with Gasteiger partial charge in [0.2, 0.25) is 0 Å². The van der Waals surface area contributed by atoms with Gasteiger partial charge in [0, 0.05) is 10.4 Å². The highest BCUT2D eigenvalue weighted by molar-refractivity contribution is 7.22. The van der Waals surface area contributed by atoms with E-state index in [9.17, 15) is 9.90 Å². The second-order valence-electron chi connectivity index (χ2n) is 6.65. The number of hydrogen-bond donors (Lipinski definition) is 2. The van der Waals surface area contributed by atoms with Crippen molar-refractivity contribution in [2.24, 2.45) is 0 Å². The number of aromatic nitrogens is 2. The lowest BCUT2D eigenvalue weighted by Gasteiger charge is -2.09. The van der Waals surface area contributed by atoms with Crippen molar-refractivity contribution in [2.75, 3.05) is 14.1 Å². The van der Waals surface area contributed by atoms with Crippen molar-refractivity contribution in [3.8, 4) is 27.3 Å². The lowest BCUT2D eigenvalue weighted by molar-refractivity contribution is 0.390. The van der Waals surface area contributed by atoms with Crippen LogP contribution in [0.3, 0.4) is 0 Å². The van der Waals surface area contributed by atoms with Crippen LogP contribution in [0.4, 0.5) is 0 Å². The van der Waals surface area contributed by atoms with Crippen LogP contribution >= 0.6 is 11.3 Å². The van der Waals surface area contributed by atoms with Gasteiger partial charge >= 0.3 is 0 Å². The van der Waals surface area contributed by atoms with Crippen molar-refractivity contribution >= 4 is 21.6 Å². The average molecular weight is 377 g/mol. The van der Waals surface area contributed by atoms with Crippen LogP contribution in [0.25, 0.3) is 31.8 Å². The van der Waals surface area contributed by atoms with Gasteiger partial charge in [-0.2, -0.15) is 0 Å². The molecule has 2 aromatic carbocycles. The number of phenolic OH excluding ortho intramolecular Hbond substituents is 1. The smallest absolute Gasteiger partial charge is 0.268 e. The van der Waals surface area contributed by atoms with Crippen molar-refractivity contribution in [3.05, 3.63) is 70.8 Å². The molecule has 2 N–H and O–H groups in total. The summed E-state index contributed by atoms with van der Waals surface area (Å²) in [6, 6.07) is 17.0. The maximum atomic E-state index is 12.7. The molecule has 5 nitrogen and oxygen atoms in total. The van der Waals surface area contributed by atoms with Gasteiger partial charge in [-0.25, -0.2) is 4.98 Å². The summed E-state index contributed by atoms with van der Waals surface area (Å²) in [5, 5.41) is 9.67. The molecule has 0 aliphatic heterocycles. The van der Waals surface area contributed by atoms with Gasteiger partial charge in [0.25, 0.3) is 5.56 Å². The molecule has 0 amide bonds. The van der Waals surface area contributed by atoms with E-state index in [0.717, 1.165) is 21.6 Å². The van der Waals surface area contributed by atoms with Crippen LogP contribution in [0.1, 0.15) is 5.82 Å². The molecule has 4 aromatic rings. The highest BCUT2D eigenvalue weighted by Gasteiger charge is 2.20. The predicted molar refractivity (Wildman–Crippen MR) is 110 cm³/mol. The summed E-state index contributed by atoms with van der Waals surface area (Å²) in [6.45, 7) is 0.552. The highest BCUT2D eigenvalue weighted by atomic mass is 32.1. The van der Waals surface area contributed by atoms with E-state index in [1.54, 1.807) is 12.1 Å². The van der Waals surface area contributed by atoms with E-state index in [0.29, 0.717) is 22.6 Å². The number of thiophene rings is 1. The number of aromatic amines is 1. The average Bonchev–Trinajstić information content (AvgIpc) is 3.03. The molecule has 0 atom stereocenters. The van der Waals surface area contributed by atoms with Crippen LogP contribution in [0.15, 0.2) is 59.4 Å². The second kappa shape index (κ2) is 6.98. The van der Waals surface area contributed by atoms with Crippen molar-refractivity contribution in [2.45, 2.75) is 6.54 Å². The normalized spacial score (nSPS) is 11.4. The van der Waals surface area contributed by atoms with E-state index in [1.165, 1.54) is 11.3 Å². The number of nitrogens with zero attached hydrogens (tertiary/aromatic N) is 2. The summed E-state index contributed by atoms with van der Waals surface area (Å²) in [5.74, 6) is 0.841. The molecule has 2 heterocycles. The number of fused-ring (bicyclic) bond motifs is 1. The molecule has 0 bridgehead atoms. The van der Waals surface area contributed by atoms with E-state index >= 15 is 0 Å². The van der Waals surface area contributed by atoms with Gasteiger partial charge in [-0.15, -0.1) is 11.3 Å². The Morgan fingerprint density at radius 1 is 1.04 bits per heavy atom. The minimum Gasteiger partial charge on any atom is -0.508 e. The Morgan fingerprint density at radius 3 is 2.41 bits per heavy atom. The largest absolute Gasteiger partial charge is 0.508 e. The SMILES string of the molecule is CN(C)Cc1nc2c(-c3ccc(O)cc3)c(-c3ccccc3)sc2c(=O)[nH]1. The van der Waals surface area contributed by atoms with Gasteiger partial charge in [0.1, 0.15) is 16.3 Å². The first-order chi connectivity index (χ1) is 13.0. The number of hydrogen-bond acceptors (Lipinski definition) is 5. The van der Waals surface area contributed by atoms with E-state index in [4.69, 9.17) is 4.98 Å². The maximum Gasteiger partial charge on any atom is 0.268 e. The number of rotatable bonds is 4. The highest BCUT2D eigenvalue weighted by Crippen LogP contribution is 2.43. The number of phenols is 1. The molecule has 4 rings (SSSR count). The molecule has 6 heteroatoms. The quantitative estimate of drug-likeness (QED) is 0.562. The first-order valence-corrected chi connectivity index (χ1v) is 9.40. The topological polar surface area (TPSA) is 69.2 Å². The number of H-pyrrole nitrogens is 1. The summed E-state index contributed by atoms with van der Waals surface area (Å²) in [4.78, 5) is 23.4. The Morgan fingerprint density at radius 2 is 1.74 bits per heavy atom. The molecule has 2 aromatic heterocycles. The predicted octanol–water partition coefficient (Wildman–Crippen LogP) is 4.09. The minimum atomic E-state index is -0.121. The minimum absolute atomic E-state index is 0.121. The molecule has 0 spiro atoms. The fraction of sp³-hybridized carbons (Fsp3) is 0.143. The summed E-state index contributed by atoms with van der Waals surface area (Å²) < 4.78 is 0.611. The number of aromatic hydroxyl groups is 1. The van der Waals surface area contributed by atoms with Crippen LogP contribution < -0.4 is 5.56 Å². The summed E-state index contributed by atoms with van der Waals surface area (Å²) >= 11 is 1.45. The van der Waals surface area contributed by atoms with Gasteiger partial charge in [0.05, 0.1) is 12.1 Å². The maximum absolute atomic E-state index is 12.7. The zero-order valence-electron chi connectivity index (χ0n) is 15.1. The Hall–Kier alpha value is -2.96. The zero-order valence-corrected chi connectivity index (χ0v) is 15.9. The molecule has 0 unspecified atom stereocenters. The van der Waals surface area contributed by atoms with E-state index in [1.807, 2.05) is 61.5 Å². The summed E-state index contributed by atoms with van der Waals surface area (Å²) in [7, 11) is 3.88. The first kappa shape index (κ1) is 17.5. The Balaban J connectivity index is 2.04. The first-order valence-electron chi connectivity index (χ1n) is 8.58.